The van der Waals surface area contributed by atoms with E-state index in [9.17, 15) is 0 Å². The van der Waals surface area contributed by atoms with E-state index in [0.717, 1.165) is 11.0 Å². The molecule has 0 aromatic rings. The maximum atomic E-state index is 6.40. The number of rotatable bonds is 7. The summed E-state index contributed by atoms with van der Waals surface area (Å²) < 4.78 is 7.40. The molecule has 0 N–H and O–H groups in total. The minimum Gasteiger partial charge on any atom is -0.412 e. The zero-order valence-corrected chi connectivity index (χ0v) is 14.8. The van der Waals surface area contributed by atoms with E-state index in [0.29, 0.717) is 16.6 Å². The smallest absolute Gasteiger partial charge is 0.200 e. The monoisotopic (exact) mass is 354 g/mol. The van der Waals surface area contributed by atoms with Gasteiger partial charge < -0.3 is 4.43 Å². The molecule has 16 heavy (non-hydrogen) atoms. The maximum absolute atomic E-state index is 6.40. The van der Waals surface area contributed by atoms with E-state index in [1.165, 1.54) is 5.57 Å². The van der Waals surface area contributed by atoms with Crippen LogP contribution in [0, 0.1) is 0 Å². The molecule has 0 amide bonds. The van der Waals surface area contributed by atoms with Crippen LogP contribution >= 0.6 is 22.6 Å². The van der Waals surface area contributed by atoms with Crippen LogP contribution in [0.2, 0.25) is 16.6 Å². The van der Waals surface area contributed by atoms with Crippen LogP contribution in [0.3, 0.4) is 0 Å². The third kappa shape index (κ3) is 3.84. The van der Waals surface area contributed by atoms with E-state index in [2.05, 4.69) is 70.7 Å². The first-order valence-corrected chi connectivity index (χ1v) is 9.82. The second-order valence-corrected chi connectivity index (χ2v) is 11.7. The number of hydrogen-bond donors (Lipinski definition) is 0. The fourth-order valence-corrected chi connectivity index (χ4v) is 8.44. The van der Waals surface area contributed by atoms with Crippen molar-refractivity contribution >= 4 is 30.9 Å². The van der Waals surface area contributed by atoms with Gasteiger partial charge in [-0.05, 0) is 22.2 Å². The van der Waals surface area contributed by atoms with E-state index in [-0.39, 0.29) is 0 Å². The molecule has 0 aliphatic rings. The summed E-state index contributed by atoms with van der Waals surface area (Å²) in [5, 5.41) is 0. The molecule has 0 fully saturated rings. The third-order valence-corrected chi connectivity index (χ3v) is 10.6. The number of alkyl halides is 1. The molecule has 0 bridgehead atoms. The molecule has 96 valence electrons. The van der Waals surface area contributed by atoms with Crippen LogP contribution in [0.1, 0.15) is 41.5 Å². The Hall–Kier alpha value is 0.647. The minimum absolute atomic E-state index is 0.662. The van der Waals surface area contributed by atoms with Gasteiger partial charge in [0.1, 0.15) is 0 Å². The fraction of sp³-hybridized carbons (Fsp3) is 0.846. The summed E-state index contributed by atoms with van der Waals surface area (Å²) in [5.41, 5.74) is 3.19. The molecule has 0 unspecified atom stereocenters. The van der Waals surface area contributed by atoms with E-state index >= 15 is 0 Å². The highest BCUT2D eigenvalue weighted by Gasteiger charge is 2.44. The van der Waals surface area contributed by atoms with Gasteiger partial charge in [0.15, 0.2) is 0 Å². The average molecular weight is 354 g/mol. The minimum atomic E-state index is -1.67. The highest BCUT2D eigenvalue weighted by molar-refractivity contribution is 14.1. The molecule has 0 radical (unpaired) electrons. The van der Waals surface area contributed by atoms with E-state index in [4.69, 9.17) is 4.43 Å². The van der Waals surface area contributed by atoms with Crippen LogP contribution in [-0.2, 0) is 4.43 Å². The first-order valence-electron chi connectivity index (χ1n) is 6.15. The van der Waals surface area contributed by atoms with E-state index < -0.39 is 8.32 Å². The van der Waals surface area contributed by atoms with Crippen molar-refractivity contribution in [3.8, 4) is 0 Å². The van der Waals surface area contributed by atoms with Crippen molar-refractivity contribution in [1.29, 1.82) is 0 Å². The topological polar surface area (TPSA) is 9.23 Å². The number of halogens is 1. The molecule has 0 aromatic heterocycles. The molecular weight excluding hydrogens is 327 g/mol. The molecule has 0 spiro atoms. The summed E-state index contributed by atoms with van der Waals surface area (Å²) >= 11 is 2.35. The van der Waals surface area contributed by atoms with Crippen molar-refractivity contribution in [1.82, 2.24) is 0 Å². The Morgan fingerprint density at radius 1 is 1.06 bits per heavy atom. The summed E-state index contributed by atoms with van der Waals surface area (Å²) in [7, 11) is -1.67. The number of hydrogen-bond acceptors (Lipinski definition) is 1. The molecule has 1 nitrogen and oxygen atoms in total. The van der Waals surface area contributed by atoms with Gasteiger partial charge in [-0.1, -0.05) is 70.7 Å². The Bertz CT molecular complexity index is 202. The van der Waals surface area contributed by atoms with Crippen LogP contribution in [0.25, 0.3) is 0 Å². The Morgan fingerprint density at radius 2 is 1.44 bits per heavy atom. The lowest BCUT2D eigenvalue weighted by molar-refractivity contribution is 0.308. The van der Waals surface area contributed by atoms with Gasteiger partial charge in [-0.2, -0.15) is 0 Å². The first-order chi connectivity index (χ1) is 7.28. The molecule has 0 atom stereocenters. The highest BCUT2D eigenvalue weighted by Crippen LogP contribution is 2.42. The normalized spacial score (nSPS) is 12.9. The second-order valence-electron chi connectivity index (χ2n) is 5.49. The highest BCUT2D eigenvalue weighted by atomic mass is 127. The third-order valence-electron chi connectivity index (χ3n) is 3.42. The Labute approximate surface area is 116 Å². The lowest BCUT2D eigenvalue weighted by Crippen LogP contribution is -2.48. The van der Waals surface area contributed by atoms with Gasteiger partial charge in [0.25, 0.3) is 0 Å². The largest absolute Gasteiger partial charge is 0.412 e. The maximum Gasteiger partial charge on any atom is 0.200 e. The van der Waals surface area contributed by atoms with Crippen molar-refractivity contribution in [3.05, 3.63) is 12.2 Å². The van der Waals surface area contributed by atoms with Crippen LogP contribution in [0.15, 0.2) is 12.2 Å². The van der Waals surface area contributed by atoms with Crippen molar-refractivity contribution in [2.24, 2.45) is 0 Å². The molecular formula is C13H27IOSi. The lowest BCUT2D eigenvalue weighted by atomic mass is 10.4. The van der Waals surface area contributed by atoms with Crippen LogP contribution < -0.4 is 0 Å². The fourth-order valence-electron chi connectivity index (χ4n) is 2.77. The lowest BCUT2D eigenvalue weighted by Gasteiger charge is -2.42. The molecule has 0 aliphatic heterocycles. The molecule has 0 aromatic carbocycles. The van der Waals surface area contributed by atoms with Gasteiger partial charge in [0.05, 0.1) is 6.61 Å². The van der Waals surface area contributed by atoms with Gasteiger partial charge in [-0.15, -0.1) is 0 Å². The summed E-state index contributed by atoms with van der Waals surface area (Å²) in [5.74, 6) is 0. The summed E-state index contributed by atoms with van der Waals surface area (Å²) in [6, 6.07) is 0. The Kier molecular flexibility index (Phi) is 7.45. The van der Waals surface area contributed by atoms with Gasteiger partial charge >= 0.3 is 0 Å². The van der Waals surface area contributed by atoms with Crippen molar-refractivity contribution in [2.45, 2.75) is 58.2 Å². The molecule has 0 aliphatic carbocycles. The van der Waals surface area contributed by atoms with Gasteiger partial charge in [-0.3, -0.25) is 0 Å². The van der Waals surface area contributed by atoms with Crippen molar-refractivity contribution < 1.29 is 4.43 Å². The summed E-state index contributed by atoms with van der Waals surface area (Å²) in [6.07, 6.45) is 0. The summed E-state index contributed by atoms with van der Waals surface area (Å²) in [4.78, 5) is 0. The SMILES string of the molecule is C=C(CI)CO[Si](C(C)C)(C(C)C)C(C)C. The predicted octanol–water partition coefficient (Wildman–Crippen LogP) is 5.17. The second kappa shape index (κ2) is 7.16. The summed E-state index contributed by atoms with van der Waals surface area (Å²) in [6.45, 7) is 18.7. The first kappa shape index (κ1) is 16.6. The van der Waals surface area contributed by atoms with E-state index in [1.54, 1.807) is 0 Å². The van der Waals surface area contributed by atoms with Gasteiger partial charge in [0.2, 0.25) is 8.32 Å². The van der Waals surface area contributed by atoms with Crippen molar-refractivity contribution in [3.63, 3.8) is 0 Å². The van der Waals surface area contributed by atoms with Gasteiger partial charge in [-0.25, -0.2) is 0 Å². The molecule has 3 heteroatoms. The quantitative estimate of drug-likeness (QED) is 0.265. The Balaban J connectivity index is 4.84. The average Bonchev–Trinajstić information content (AvgIpc) is 2.16. The standard InChI is InChI=1S/C13H27IOSi/c1-10(2)16(11(3)4,12(5)6)15-9-13(7)8-14/h10-12H,7-9H2,1-6H3. The van der Waals surface area contributed by atoms with Crippen LogP contribution in [0.4, 0.5) is 0 Å². The van der Waals surface area contributed by atoms with Crippen LogP contribution in [0.5, 0.6) is 0 Å². The predicted molar refractivity (Wildman–Crippen MR) is 85.0 cm³/mol. The Morgan fingerprint density at radius 3 is 1.69 bits per heavy atom. The van der Waals surface area contributed by atoms with E-state index in [1.807, 2.05) is 0 Å². The molecule has 0 rings (SSSR count). The molecule has 0 saturated heterocycles. The van der Waals surface area contributed by atoms with Gasteiger partial charge in [0, 0.05) is 4.43 Å². The van der Waals surface area contributed by atoms with Crippen molar-refractivity contribution in [2.75, 3.05) is 11.0 Å². The van der Waals surface area contributed by atoms with Crippen LogP contribution in [-0.4, -0.2) is 19.4 Å². The zero-order chi connectivity index (χ0) is 12.9. The molecule has 0 heterocycles. The molecule has 0 saturated carbocycles. The zero-order valence-electron chi connectivity index (χ0n) is 11.6.